The predicted octanol–water partition coefficient (Wildman–Crippen LogP) is 4.69. The van der Waals surface area contributed by atoms with E-state index in [1.165, 1.54) is 16.7 Å². The van der Waals surface area contributed by atoms with E-state index in [0.29, 0.717) is 31.9 Å². The molecule has 0 fully saturated rings. The summed E-state index contributed by atoms with van der Waals surface area (Å²) in [5.74, 6) is 0.436. The largest absolute Gasteiger partial charge is 0.494 e. The van der Waals surface area contributed by atoms with Crippen LogP contribution >= 0.6 is 0 Å². The smallest absolute Gasteiger partial charge is 0.246 e. The third-order valence-corrected chi connectivity index (χ3v) is 7.61. The zero-order chi connectivity index (χ0) is 27.5. The first-order chi connectivity index (χ1) is 18.3. The van der Waals surface area contributed by atoms with Crippen LogP contribution in [0, 0.1) is 18.8 Å². The average Bonchev–Trinajstić information content (AvgIpc) is 2.92. The quantitative estimate of drug-likeness (QED) is 0.312. The van der Waals surface area contributed by atoms with E-state index in [1.807, 2.05) is 29.7 Å². The molecule has 2 heterocycles. The Morgan fingerprint density at radius 2 is 1.87 bits per heavy atom. The van der Waals surface area contributed by atoms with Crippen LogP contribution in [0.4, 0.5) is 0 Å². The number of carbonyl (C=O) groups excluding carboxylic acids is 2. The summed E-state index contributed by atoms with van der Waals surface area (Å²) >= 11 is 0. The average molecular weight is 524 g/mol. The second-order valence-electron chi connectivity index (χ2n) is 10.9. The molecular weight excluding hydrogens is 478 g/mol. The summed E-state index contributed by atoms with van der Waals surface area (Å²) < 4.78 is 5.88. The van der Waals surface area contributed by atoms with Gasteiger partial charge in [-0.25, -0.2) is 5.48 Å². The minimum Gasteiger partial charge on any atom is -0.494 e. The van der Waals surface area contributed by atoms with Gasteiger partial charge in [0.2, 0.25) is 11.8 Å². The number of hydroxylamine groups is 1. The second-order valence-corrected chi connectivity index (χ2v) is 10.9. The maximum atomic E-state index is 12.8. The first-order valence-electron chi connectivity index (χ1n) is 14.0. The number of amides is 2. The molecule has 7 heteroatoms. The number of hydrogen-bond donors (Lipinski definition) is 4. The van der Waals surface area contributed by atoms with E-state index in [2.05, 4.69) is 49.6 Å². The molecule has 3 atom stereocenters. The molecule has 38 heavy (non-hydrogen) atoms. The Kier molecular flexibility index (Phi) is 11.6. The van der Waals surface area contributed by atoms with E-state index in [4.69, 9.17) is 4.74 Å². The maximum Gasteiger partial charge on any atom is 0.246 e. The monoisotopic (exact) mass is 523 g/mol. The standard InChI is InChI=1S/C31H45N3O4/c1-21(2)26-17-22(3)16-24(18-26)8-7-9-25-20-33-29(31(36)32-4)19-23-11-13-27(14-12-23)38-15-6-5-10-28(25)30(35)34-37/h11-14,16-18,21,25,28-29,33,37H,5-10,15,19-20H2,1-4H3,(H,32,36)(H,34,35)/t25-,28-,29-/m0/s1. The zero-order valence-corrected chi connectivity index (χ0v) is 23.4. The van der Waals surface area contributed by atoms with E-state index in [1.54, 1.807) is 7.05 Å². The third-order valence-electron chi connectivity index (χ3n) is 7.61. The van der Waals surface area contributed by atoms with Crippen LogP contribution in [0.2, 0.25) is 0 Å². The summed E-state index contributed by atoms with van der Waals surface area (Å²) in [7, 11) is 1.64. The minimum atomic E-state index is -0.428. The fraction of sp³-hybridized carbons (Fsp3) is 0.548. The zero-order valence-electron chi connectivity index (χ0n) is 23.4. The van der Waals surface area contributed by atoms with Gasteiger partial charge in [0, 0.05) is 13.0 Å². The fourth-order valence-corrected chi connectivity index (χ4v) is 5.39. The van der Waals surface area contributed by atoms with Gasteiger partial charge in [-0.05, 0) is 99.1 Å². The number of carbonyl (C=O) groups is 2. The molecule has 0 unspecified atom stereocenters. The van der Waals surface area contributed by atoms with Gasteiger partial charge in [0.15, 0.2) is 0 Å². The van der Waals surface area contributed by atoms with Crippen LogP contribution in [0.5, 0.6) is 5.75 Å². The predicted molar refractivity (Wildman–Crippen MR) is 150 cm³/mol. The van der Waals surface area contributed by atoms with Gasteiger partial charge in [0.05, 0.1) is 12.6 Å². The number of benzene rings is 2. The van der Waals surface area contributed by atoms with Crippen molar-refractivity contribution in [2.24, 2.45) is 11.8 Å². The molecule has 2 aromatic carbocycles. The molecule has 2 aromatic rings. The van der Waals surface area contributed by atoms with Crippen LogP contribution < -0.4 is 20.9 Å². The molecule has 0 saturated carbocycles. The van der Waals surface area contributed by atoms with Gasteiger partial charge in [-0.3, -0.25) is 14.8 Å². The van der Waals surface area contributed by atoms with Crippen LogP contribution in [0.25, 0.3) is 0 Å². The molecule has 0 radical (unpaired) electrons. The van der Waals surface area contributed by atoms with E-state index >= 15 is 0 Å². The molecule has 0 aliphatic carbocycles. The van der Waals surface area contributed by atoms with Gasteiger partial charge in [-0.15, -0.1) is 0 Å². The lowest BCUT2D eigenvalue weighted by atomic mass is 9.82. The van der Waals surface area contributed by atoms with Crippen molar-refractivity contribution in [1.29, 1.82) is 0 Å². The molecule has 7 nitrogen and oxygen atoms in total. The van der Waals surface area contributed by atoms with Crippen LogP contribution in [-0.2, 0) is 22.4 Å². The molecule has 2 bridgehead atoms. The summed E-state index contributed by atoms with van der Waals surface area (Å²) in [6.45, 7) is 7.64. The Hall–Kier alpha value is -2.90. The number of fused-ring (bicyclic) bond motifs is 12. The van der Waals surface area contributed by atoms with Crippen molar-refractivity contribution in [3.63, 3.8) is 0 Å². The number of hydrogen-bond acceptors (Lipinski definition) is 5. The highest BCUT2D eigenvalue weighted by Crippen LogP contribution is 2.26. The highest BCUT2D eigenvalue weighted by molar-refractivity contribution is 5.82. The second kappa shape index (κ2) is 14.9. The Labute approximate surface area is 227 Å². The van der Waals surface area contributed by atoms with Crippen molar-refractivity contribution in [3.05, 3.63) is 64.7 Å². The number of ether oxygens (including phenoxy) is 1. The minimum absolute atomic E-state index is 0.0310. The van der Waals surface area contributed by atoms with Crippen molar-refractivity contribution in [3.8, 4) is 5.75 Å². The number of aryl methyl sites for hydroxylation is 2. The summed E-state index contributed by atoms with van der Waals surface area (Å²) in [5.41, 5.74) is 6.87. The Bertz CT molecular complexity index is 1040. The van der Waals surface area contributed by atoms with Gasteiger partial charge < -0.3 is 15.4 Å². The van der Waals surface area contributed by atoms with Gasteiger partial charge in [-0.1, -0.05) is 49.7 Å². The summed E-state index contributed by atoms with van der Waals surface area (Å²) in [4.78, 5) is 25.6. The molecule has 2 aliphatic heterocycles. The van der Waals surface area contributed by atoms with E-state index < -0.39 is 6.04 Å². The van der Waals surface area contributed by atoms with Gasteiger partial charge in [-0.2, -0.15) is 0 Å². The van der Waals surface area contributed by atoms with Crippen LogP contribution in [0.15, 0.2) is 42.5 Å². The third kappa shape index (κ3) is 8.84. The Morgan fingerprint density at radius 3 is 2.55 bits per heavy atom. The first kappa shape index (κ1) is 29.7. The Morgan fingerprint density at radius 1 is 1.11 bits per heavy atom. The van der Waals surface area contributed by atoms with Gasteiger partial charge in [0.1, 0.15) is 5.75 Å². The molecule has 208 valence electrons. The van der Waals surface area contributed by atoms with E-state index in [9.17, 15) is 14.8 Å². The number of likely N-dealkylation sites (N-methyl/N-ethyl adjacent to an activating group) is 1. The van der Waals surface area contributed by atoms with Gasteiger partial charge in [0.25, 0.3) is 0 Å². The number of rotatable bonds is 7. The fourth-order valence-electron chi connectivity index (χ4n) is 5.39. The van der Waals surface area contributed by atoms with Crippen molar-refractivity contribution in [2.45, 2.75) is 77.7 Å². The lowest BCUT2D eigenvalue weighted by Gasteiger charge is -2.28. The summed E-state index contributed by atoms with van der Waals surface area (Å²) in [5, 5.41) is 15.8. The van der Waals surface area contributed by atoms with Crippen LogP contribution in [0.1, 0.15) is 74.1 Å². The highest BCUT2D eigenvalue weighted by atomic mass is 16.5. The topological polar surface area (TPSA) is 99.7 Å². The molecule has 4 N–H and O–H groups in total. The Balaban J connectivity index is 1.79. The molecule has 2 aliphatic rings. The van der Waals surface area contributed by atoms with Crippen molar-refractivity contribution in [1.82, 2.24) is 16.1 Å². The maximum absolute atomic E-state index is 12.8. The normalized spacial score (nSPS) is 20.7. The highest BCUT2D eigenvalue weighted by Gasteiger charge is 2.29. The molecule has 0 aromatic heterocycles. The van der Waals surface area contributed by atoms with Gasteiger partial charge >= 0.3 is 0 Å². The summed E-state index contributed by atoms with van der Waals surface area (Å²) in [6.07, 6.45) is 5.45. The van der Waals surface area contributed by atoms with Crippen molar-refractivity contribution in [2.75, 3.05) is 20.2 Å². The van der Waals surface area contributed by atoms with Crippen LogP contribution in [-0.4, -0.2) is 43.3 Å². The lowest BCUT2D eigenvalue weighted by molar-refractivity contribution is -0.135. The molecule has 0 spiro atoms. The van der Waals surface area contributed by atoms with Crippen molar-refractivity contribution >= 4 is 11.8 Å². The first-order valence-corrected chi connectivity index (χ1v) is 14.0. The van der Waals surface area contributed by atoms with E-state index in [-0.39, 0.29) is 23.7 Å². The SMILES string of the molecule is CNC(=O)[C@@H]1Cc2ccc(cc2)OCCCC[C@H](C(=O)NO)[C@@H](CCCc2cc(C)cc(C(C)C)c2)CN1. The summed E-state index contributed by atoms with van der Waals surface area (Å²) in [6, 6.07) is 14.2. The molecule has 0 saturated heterocycles. The lowest BCUT2D eigenvalue weighted by Crippen LogP contribution is -2.48. The van der Waals surface area contributed by atoms with Crippen LogP contribution in [0.3, 0.4) is 0 Å². The van der Waals surface area contributed by atoms with Crippen molar-refractivity contribution < 1.29 is 19.5 Å². The molecule has 4 rings (SSSR count). The number of nitrogens with one attached hydrogen (secondary N) is 3. The molecular formula is C31H45N3O4. The van der Waals surface area contributed by atoms with E-state index in [0.717, 1.165) is 43.4 Å². The molecule has 2 amide bonds.